The lowest BCUT2D eigenvalue weighted by atomic mass is 10.2. The Hall–Kier alpha value is -2.65. The second-order valence-corrected chi connectivity index (χ2v) is 4.38. The Balaban J connectivity index is 2.21. The zero-order valence-electron chi connectivity index (χ0n) is 10.2. The second kappa shape index (κ2) is 5.99. The van der Waals surface area contributed by atoms with Gasteiger partial charge in [-0.05, 0) is 17.7 Å². The molecule has 0 spiro atoms. The number of hydrogen-bond acceptors (Lipinski definition) is 5. The van der Waals surface area contributed by atoms with Gasteiger partial charge in [-0.25, -0.2) is 4.98 Å². The third-order valence-electron chi connectivity index (χ3n) is 2.54. The molecule has 0 saturated carbocycles. The summed E-state index contributed by atoms with van der Waals surface area (Å²) in [4.78, 5) is 14.3. The topological polar surface area (TPSA) is 91.8 Å². The van der Waals surface area contributed by atoms with Crippen LogP contribution in [0.2, 0.25) is 5.02 Å². The summed E-state index contributed by atoms with van der Waals surface area (Å²) < 4.78 is 0. The fourth-order valence-electron chi connectivity index (χ4n) is 1.62. The lowest BCUT2D eigenvalue weighted by Crippen LogP contribution is -2.05. The van der Waals surface area contributed by atoms with Gasteiger partial charge in [-0.15, -0.1) is 0 Å². The van der Waals surface area contributed by atoms with Crippen LogP contribution in [0.15, 0.2) is 36.5 Å². The predicted molar refractivity (Wildman–Crippen MR) is 74.4 cm³/mol. The lowest BCUT2D eigenvalue weighted by Gasteiger charge is -2.06. The van der Waals surface area contributed by atoms with Crippen molar-refractivity contribution in [2.45, 2.75) is 6.54 Å². The first-order valence-electron chi connectivity index (χ1n) is 5.63. The molecular formula is C13H9ClN4O2. The smallest absolute Gasteiger partial charge is 0.312 e. The number of nitrogens with zero attached hydrogens (tertiary/aromatic N) is 3. The number of nitriles is 1. The Labute approximate surface area is 119 Å². The monoisotopic (exact) mass is 288 g/mol. The van der Waals surface area contributed by atoms with Crippen LogP contribution < -0.4 is 5.32 Å². The second-order valence-electron chi connectivity index (χ2n) is 3.94. The number of halogens is 1. The maximum atomic E-state index is 11.0. The van der Waals surface area contributed by atoms with Crippen LogP contribution in [0.5, 0.6) is 0 Å². The molecular weight excluding hydrogens is 280 g/mol. The molecule has 0 amide bonds. The molecule has 0 saturated heterocycles. The average molecular weight is 289 g/mol. The SMILES string of the molecule is N#Cc1cnc(NCc2cccc(Cl)c2)c([N+](=O)[O-])c1. The molecule has 0 bridgehead atoms. The van der Waals surface area contributed by atoms with Crippen molar-refractivity contribution in [1.29, 1.82) is 5.26 Å². The molecule has 0 atom stereocenters. The molecule has 1 heterocycles. The highest BCUT2D eigenvalue weighted by Crippen LogP contribution is 2.23. The molecule has 0 aliphatic carbocycles. The average Bonchev–Trinajstić information content (AvgIpc) is 2.45. The zero-order chi connectivity index (χ0) is 14.5. The van der Waals surface area contributed by atoms with Crippen molar-refractivity contribution in [1.82, 2.24) is 4.98 Å². The lowest BCUT2D eigenvalue weighted by molar-refractivity contribution is -0.384. The number of benzene rings is 1. The fourth-order valence-corrected chi connectivity index (χ4v) is 1.84. The summed E-state index contributed by atoms with van der Waals surface area (Å²) >= 11 is 5.86. The minimum Gasteiger partial charge on any atom is -0.360 e. The van der Waals surface area contributed by atoms with Gasteiger partial charge in [0.2, 0.25) is 5.82 Å². The largest absolute Gasteiger partial charge is 0.360 e. The molecule has 0 fully saturated rings. The van der Waals surface area contributed by atoms with E-state index < -0.39 is 4.92 Å². The van der Waals surface area contributed by atoms with E-state index in [-0.39, 0.29) is 17.1 Å². The van der Waals surface area contributed by atoms with Crippen LogP contribution in [0.4, 0.5) is 11.5 Å². The number of aromatic nitrogens is 1. The number of anilines is 1. The molecule has 7 heteroatoms. The normalized spacial score (nSPS) is 9.80. The van der Waals surface area contributed by atoms with Gasteiger partial charge >= 0.3 is 5.69 Å². The third-order valence-corrected chi connectivity index (χ3v) is 2.78. The third kappa shape index (κ3) is 3.22. The number of hydrogen-bond donors (Lipinski definition) is 1. The molecule has 1 aromatic heterocycles. The van der Waals surface area contributed by atoms with Crippen LogP contribution in [-0.4, -0.2) is 9.91 Å². The molecule has 0 aliphatic rings. The number of nitrogens with one attached hydrogen (secondary N) is 1. The summed E-state index contributed by atoms with van der Waals surface area (Å²) in [5.74, 6) is 0.119. The zero-order valence-corrected chi connectivity index (χ0v) is 11.0. The van der Waals surface area contributed by atoms with Gasteiger partial charge in [0, 0.05) is 23.8 Å². The van der Waals surface area contributed by atoms with Crippen LogP contribution >= 0.6 is 11.6 Å². The van der Waals surface area contributed by atoms with E-state index >= 15 is 0 Å². The molecule has 1 N–H and O–H groups in total. The standard InChI is InChI=1S/C13H9ClN4O2/c14-11-3-1-2-9(4-11)7-16-13-12(18(19)20)5-10(6-15)8-17-13/h1-5,8H,7H2,(H,16,17). The summed E-state index contributed by atoms with van der Waals surface area (Å²) in [6.07, 6.45) is 1.29. The van der Waals surface area contributed by atoms with Gasteiger partial charge in [-0.3, -0.25) is 10.1 Å². The van der Waals surface area contributed by atoms with Gasteiger partial charge in [-0.1, -0.05) is 23.7 Å². The van der Waals surface area contributed by atoms with Gasteiger partial charge in [0.1, 0.15) is 6.07 Å². The minimum absolute atomic E-state index is 0.119. The van der Waals surface area contributed by atoms with Crippen LogP contribution in [0.3, 0.4) is 0 Å². The summed E-state index contributed by atoms with van der Waals surface area (Å²) in [5, 5.41) is 23.1. The van der Waals surface area contributed by atoms with E-state index in [2.05, 4.69) is 10.3 Å². The van der Waals surface area contributed by atoms with Crippen LogP contribution in [0, 0.1) is 21.4 Å². The van der Waals surface area contributed by atoms with Crippen LogP contribution in [0.1, 0.15) is 11.1 Å². The van der Waals surface area contributed by atoms with E-state index in [0.29, 0.717) is 11.6 Å². The van der Waals surface area contributed by atoms with Crippen molar-refractivity contribution in [3.63, 3.8) is 0 Å². The maximum absolute atomic E-state index is 11.0. The number of nitro groups is 1. The van der Waals surface area contributed by atoms with E-state index in [1.807, 2.05) is 12.1 Å². The van der Waals surface area contributed by atoms with Crippen molar-refractivity contribution in [3.05, 3.63) is 62.8 Å². The first-order valence-corrected chi connectivity index (χ1v) is 6.01. The molecule has 0 aliphatic heterocycles. The highest BCUT2D eigenvalue weighted by atomic mass is 35.5. The Morgan fingerprint density at radius 3 is 2.90 bits per heavy atom. The van der Waals surface area contributed by atoms with E-state index in [1.165, 1.54) is 12.3 Å². The van der Waals surface area contributed by atoms with E-state index in [4.69, 9.17) is 16.9 Å². The quantitative estimate of drug-likeness (QED) is 0.689. The van der Waals surface area contributed by atoms with Gasteiger partial charge < -0.3 is 5.32 Å². The Morgan fingerprint density at radius 2 is 2.25 bits per heavy atom. The summed E-state index contributed by atoms with van der Waals surface area (Å²) in [7, 11) is 0. The fraction of sp³-hybridized carbons (Fsp3) is 0.0769. The molecule has 0 unspecified atom stereocenters. The summed E-state index contributed by atoms with van der Waals surface area (Å²) in [6.45, 7) is 0.348. The van der Waals surface area contributed by atoms with Crippen molar-refractivity contribution >= 4 is 23.1 Å². The van der Waals surface area contributed by atoms with Gasteiger partial charge in [0.15, 0.2) is 0 Å². The Bertz CT molecular complexity index is 697. The molecule has 0 radical (unpaired) electrons. The number of rotatable bonds is 4. The van der Waals surface area contributed by atoms with Gasteiger partial charge in [-0.2, -0.15) is 5.26 Å². The molecule has 20 heavy (non-hydrogen) atoms. The van der Waals surface area contributed by atoms with E-state index in [1.54, 1.807) is 18.2 Å². The molecule has 6 nitrogen and oxygen atoms in total. The van der Waals surface area contributed by atoms with E-state index in [9.17, 15) is 10.1 Å². The van der Waals surface area contributed by atoms with Crippen molar-refractivity contribution in [2.24, 2.45) is 0 Å². The molecule has 2 aromatic rings. The number of pyridine rings is 1. The van der Waals surface area contributed by atoms with Gasteiger partial charge in [0.05, 0.1) is 10.5 Å². The Morgan fingerprint density at radius 1 is 1.45 bits per heavy atom. The first kappa shape index (κ1) is 13.8. The summed E-state index contributed by atoms with van der Waals surface area (Å²) in [5.41, 5.74) is 0.786. The van der Waals surface area contributed by atoms with Gasteiger partial charge in [0.25, 0.3) is 0 Å². The maximum Gasteiger partial charge on any atom is 0.312 e. The first-order chi connectivity index (χ1) is 9.60. The highest BCUT2D eigenvalue weighted by Gasteiger charge is 2.16. The van der Waals surface area contributed by atoms with Crippen LogP contribution in [-0.2, 0) is 6.54 Å². The van der Waals surface area contributed by atoms with Crippen molar-refractivity contribution in [3.8, 4) is 6.07 Å². The van der Waals surface area contributed by atoms with Crippen molar-refractivity contribution < 1.29 is 4.92 Å². The molecule has 1 aromatic carbocycles. The molecule has 2 rings (SSSR count). The summed E-state index contributed by atoms with van der Waals surface area (Å²) in [6, 6.07) is 10.1. The van der Waals surface area contributed by atoms with E-state index in [0.717, 1.165) is 5.56 Å². The van der Waals surface area contributed by atoms with Crippen molar-refractivity contribution in [2.75, 3.05) is 5.32 Å². The predicted octanol–water partition coefficient (Wildman–Crippen LogP) is 3.13. The molecule has 100 valence electrons. The van der Waals surface area contributed by atoms with Crippen LogP contribution in [0.25, 0.3) is 0 Å². The minimum atomic E-state index is -0.575. The Kier molecular flexibility index (Phi) is 4.13. The highest BCUT2D eigenvalue weighted by molar-refractivity contribution is 6.30.